The average molecular weight is 813 g/mol. The molecule has 0 saturated carbocycles. The summed E-state index contributed by atoms with van der Waals surface area (Å²) < 4.78 is 5.67. The maximum atomic E-state index is 14.0. The molecule has 60 heavy (non-hydrogen) atoms. The molecule has 4 aromatic rings. The molecule has 0 unspecified atom stereocenters. The van der Waals surface area contributed by atoms with Crippen molar-refractivity contribution in [3.8, 4) is 0 Å². The van der Waals surface area contributed by atoms with Crippen molar-refractivity contribution in [3.05, 3.63) is 169 Å². The van der Waals surface area contributed by atoms with Crippen molar-refractivity contribution in [2.45, 2.75) is 85.2 Å². The monoisotopic (exact) mass is 812 g/mol. The van der Waals surface area contributed by atoms with E-state index >= 15 is 0 Å². The highest BCUT2D eigenvalue weighted by Crippen LogP contribution is 2.23. The predicted octanol–water partition coefficient (Wildman–Crippen LogP) is 9.00. The highest BCUT2D eigenvalue weighted by atomic mass is 16.6. The summed E-state index contributed by atoms with van der Waals surface area (Å²) in [5.74, 6) is -0.0334. The van der Waals surface area contributed by atoms with Gasteiger partial charge in [-0.1, -0.05) is 154 Å². The van der Waals surface area contributed by atoms with Gasteiger partial charge in [-0.05, 0) is 48.9 Å². The smallest absolute Gasteiger partial charge is 0.411 e. The summed E-state index contributed by atoms with van der Waals surface area (Å²) in [6, 6.07) is 38.3. The lowest BCUT2D eigenvalue weighted by Crippen LogP contribution is -2.53. The number of carbonyl (C=O) groups is 4. The second-order valence-corrected chi connectivity index (χ2v) is 16.8. The number of nitrogens with zero attached hydrogens (tertiary/aromatic N) is 4. The molecule has 0 aliphatic carbocycles. The molecule has 1 fully saturated rings. The number of benzene rings is 4. The number of ether oxygens (including phenoxy) is 1. The number of amides is 4. The molecule has 318 valence electrons. The maximum absolute atomic E-state index is 14.0. The minimum atomic E-state index is -0.706. The normalized spacial score (nSPS) is 15.9. The Morgan fingerprint density at radius 1 is 0.767 bits per heavy atom. The average Bonchev–Trinajstić information content (AvgIpc) is 3.30. The lowest BCUT2D eigenvalue weighted by atomic mass is 10.0. The molecule has 9 heteroatoms. The number of hydrogen-bond donors (Lipinski definition) is 0. The van der Waals surface area contributed by atoms with E-state index in [1.54, 1.807) is 17.1 Å². The molecule has 3 atom stereocenters. The fraction of sp³-hybridized carbons (Fsp3) is 0.373. The van der Waals surface area contributed by atoms with Gasteiger partial charge in [-0.15, -0.1) is 13.2 Å². The number of hydrogen-bond acceptors (Lipinski definition) is 5. The second kappa shape index (κ2) is 23.0. The zero-order valence-corrected chi connectivity index (χ0v) is 36.4. The first kappa shape index (κ1) is 46.7. The first-order valence-corrected chi connectivity index (χ1v) is 21.0. The minimum absolute atomic E-state index is 0.00209. The van der Waals surface area contributed by atoms with E-state index in [1.807, 2.05) is 159 Å². The van der Waals surface area contributed by atoms with Crippen molar-refractivity contribution in [2.24, 2.45) is 11.8 Å². The Bertz CT molecular complexity index is 1960. The van der Waals surface area contributed by atoms with Crippen LogP contribution >= 0.6 is 0 Å². The summed E-state index contributed by atoms with van der Waals surface area (Å²) in [5, 5.41) is 0. The summed E-state index contributed by atoms with van der Waals surface area (Å²) in [6.45, 7) is 21.8. The Hall–Kier alpha value is -5.96. The van der Waals surface area contributed by atoms with Crippen LogP contribution in [0, 0.1) is 11.8 Å². The van der Waals surface area contributed by atoms with Crippen molar-refractivity contribution in [1.29, 1.82) is 0 Å². The SMILES string of the molecule is C=CCN(C(=O)OC(C)(C)C)[C@H](Cc1ccccc1)C(=O)N(Cc1ccccc1)CC(C)C.C=CCN1C(=O)[C@@H](C)CN(Cc2ccccc2)C(=O)[C@@H]1Cc1ccccc1. The molecule has 9 nitrogen and oxygen atoms in total. The van der Waals surface area contributed by atoms with Crippen molar-refractivity contribution in [3.63, 3.8) is 0 Å². The third-order valence-corrected chi connectivity index (χ3v) is 9.99. The van der Waals surface area contributed by atoms with Crippen LogP contribution in [0.1, 0.15) is 63.8 Å². The summed E-state index contributed by atoms with van der Waals surface area (Å²) >= 11 is 0. The van der Waals surface area contributed by atoms with Crippen molar-refractivity contribution in [1.82, 2.24) is 19.6 Å². The van der Waals surface area contributed by atoms with E-state index in [0.717, 1.165) is 22.3 Å². The van der Waals surface area contributed by atoms with E-state index in [0.29, 0.717) is 45.6 Å². The van der Waals surface area contributed by atoms with Crippen molar-refractivity contribution in [2.75, 3.05) is 26.2 Å². The first-order chi connectivity index (χ1) is 28.7. The van der Waals surface area contributed by atoms with E-state index in [-0.39, 0.29) is 36.1 Å². The van der Waals surface area contributed by atoms with Crippen molar-refractivity contribution < 1.29 is 23.9 Å². The van der Waals surface area contributed by atoms with Crippen LogP contribution in [0.4, 0.5) is 4.79 Å². The molecule has 1 heterocycles. The largest absolute Gasteiger partial charge is 0.444 e. The van der Waals surface area contributed by atoms with Crippen LogP contribution in [-0.4, -0.2) is 87.3 Å². The van der Waals surface area contributed by atoms with E-state index in [1.165, 1.54) is 4.90 Å². The molecule has 0 aromatic heterocycles. The summed E-state index contributed by atoms with van der Waals surface area (Å²) in [4.78, 5) is 60.5. The van der Waals surface area contributed by atoms with E-state index < -0.39 is 23.8 Å². The first-order valence-electron chi connectivity index (χ1n) is 21.0. The predicted molar refractivity (Wildman–Crippen MR) is 241 cm³/mol. The molecule has 1 aliphatic heterocycles. The van der Waals surface area contributed by atoms with Crippen LogP contribution in [0.15, 0.2) is 147 Å². The van der Waals surface area contributed by atoms with Gasteiger partial charge in [0.2, 0.25) is 17.7 Å². The summed E-state index contributed by atoms with van der Waals surface area (Å²) in [7, 11) is 0. The molecule has 0 spiro atoms. The van der Waals surface area contributed by atoms with Gasteiger partial charge in [0, 0.05) is 52.1 Å². The molecule has 5 rings (SSSR count). The fourth-order valence-electron chi connectivity index (χ4n) is 7.26. The second-order valence-electron chi connectivity index (χ2n) is 16.8. The van der Waals surface area contributed by atoms with Gasteiger partial charge in [-0.2, -0.15) is 0 Å². The fourth-order valence-corrected chi connectivity index (χ4v) is 7.26. The van der Waals surface area contributed by atoms with Crippen LogP contribution in [0.5, 0.6) is 0 Å². The van der Waals surface area contributed by atoms with Gasteiger partial charge in [-0.3, -0.25) is 19.3 Å². The molecule has 0 radical (unpaired) electrons. The van der Waals surface area contributed by atoms with Gasteiger partial charge >= 0.3 is 6.09 Å². The molecular formula is C51H64N4O5. The van der Waals surface area contributed by atoms with Gasteiger partial charge in [-0.25, -0.2) is 4.79 Å². The van der Waals surface area contributed by atoms with Crippen LogP contribution in [0.25, 0.3) is 0 Å². The Kier molecular flexibility index (Phi) is 17.9. The van der Waals surface area contributed by atoms with Gasteiger partial charge < -0.3 is 19.4 Å². The Labute approximate surface area is 358 Å². The standard InChI is InChI=1S/C28H38N2O3.C23H26N2O2/c1-7-18-30(27(32)33-28(4,5)6)25(19-23-14-10-8-11-15-23)26(31)29(20-22(2)3)21-24-16-12-9-13-17-24;1-3-14-25-21(15-19-10-6-4-7-11-19)23(27)24(16-18(2)22(25)26)17-20-12-8-5-9-13-20/h7-17,22,25H,1,18-21H2,2-6H3;3-13,18,21H,1,14-17H2,2H3/t25-;18-,21-/m10/s1. The third-order valence-electron chi connectivity index (χ3n) is 9.99. The van der Waals surface area contributed by atoms with Crippen LogP contribution in [0.2, 0.25) is 0 Å². The highest BCUT2D eigenvalue weighted by Gasteiger charge is 2.39. The van der Waals surface area contributed by atoms with Gasteiger partial charge in [0.1, 0.15) is 17.7 Å². The summed E-state index contributed by atoms with van der Waals surface area (Å²) in [6.07, 6.45) is 3.73. The molecule has 4 aromatic carbocycles. The lowest BCUT2D eigenvalue weighted by Gasteiger charge is -2.36. The molecule has 1 aliphatic rings. The molecular weight excluding hydrogens is 749 g/mol. The molecule has 4 amide bonds. The highest BCUT2D eigenvalue weighted by molar-refractivity contribution is 5.91. The van der Waals surface area contributed by atoms with Crippen LogP contribution in [-0.2, 0) is 45.1 Å². The van der Waals surface area contributed by atoms with Gasteiger partial charge in [0.15, 0.2) is 0 Å². The zero-order valence-electron chi connectivity index (χ0n) is 36.4. The Balaban J connectivity index is 0.000000269. The number of carbonyl (C=O) groups excluding carboxylic acids is 4. The number of rotatable bonds is 16. The quantitative estimate of drug-likeness (QED) is 0.105. The van der Waals surface area contributed by atoms with Crippen molar-refractivity contribution >= 4 is 23.8 Å². The van der Waals surface area contributed by atoms with E-state index in [9.17, 15) is 19.2 Å². The van der Waals surface area contributed by atoms with E-state index in [2.05, 4.69) is 27.0 Å². The molecule has 1 saturated heterocycles. The van der Waals surface area contributed by atoms with Gasteiger partial charge in [0.05, 0.1) is 5.92 Å². The van der Waals surface area contributed by atoms with E-state index in [4.69, 9.17) is 4.74 Å². The Morgan fingerprint density at radius 2 is 1.28 bits per heavy atom. The summed E-state index contributed by atoms with van der Waals surface area (Å²) in [5.41, 5.74) is 3.49. The molecule has 0 N–H and O–H groups in total. The maximum Gasteiger partial charge on any atom is 0.411 e. The third kappa shape index (κ3) is 14.4. The minimum Gasteiger partial charge on any atom is -0.444 e. The van der Waals surface area contributed by atoms with Crippen LogP contribution < -0.4 is 0 Å². The Morgan fingerprint density at radius 3 is 1.78 bits per heavy atom. The van der Waals surface area contributed by atoms with Gasteiger partial charge in [0.25, 0.3) is 0 Å². The lowest BCUT2D eigenvalue weighted by molar-refractivity contribution is -0.141. The van der Waals surface area contributed by atoms with Crippen LogP contribution in [0.3, 0.4) is 0 Å². The topological polar surface area (TPSA) is 90.5 Å². The zero-order chi connectivity index (χ0) is 43.7. The molecule has 0 bridgehead atoms.